The smallest absolute Gasteiger partial charge is 0.230 e. The molecule has 0 spiro atoms. The quantitative estimate of drug-likeness (QED) is 0.828. The second kappa shape index (κ2) is 6.01. The Morgan fingerprint density at radius 3 is 2.63 bits per heavy atom. The zero-order valence-electron chi connectivity index (χ0n) is 11.8. The average molecular weight is 264 g/mol. The molecule has 1 atom stereocenters. The largest absolute Gasteiger partial charge is 0.424 e. The molecule has 0 radical (unpaired) electrons. The lowest BCUT2D eigenvalue weighted by Crippen LogP contribution is -2.46. The zero-order valence-corrected chi connectivity index (χ0v) is 11.8. The zero-order chi connectivity index (χ0) is 13.1. The van der Waals surface area contributed by atoms with Gasteiger partial charge in [0, 0.05) is 19.0 Å². The molecule has 3 heterocycles. The van der Waals surface area contributed by atoms with Gasteiger partial charge in [0.2, 0.25) is 11.8 Å². The van der Waals surface area contributed by atoms with Crippen LogP contribution < -0.4 is 0 Å². The Kier molecular flexibility index (Phi) is 4.13. The molecule has 2 aliphatic rings. The maximum atomic E-state index is 5.62. The van der Waals surface area contributed by atoms with E-state index in [1.165, 1.54) is 38.8 Å². The predicted octanol–water partition coefficient (Wildman–Crippen LogP) is 1.69. The van der Waals surface area contributed by atoms with E-state index in [0.717, 1.165) is 43.9 Å². The Balaban J connectivity index is 1.55. The molecule has 19 heavy (non-hydrogen) atoms. The van der Waals surface area contributed by atoms with Crippen molar-refractivity contribution in [2.45, 2.75) is 51.6 Å². The van der Waals surface area contributed by atoms with Crippen LogP contribution in [0.1, 0.15) is 44.4 Å². The van der Waals surface area contributed by atoms with E-state index < -0.39 is 0 Å². The van der Waals surface area contributed by atoms with Crippen molar-refractivity contribution in [3.8, 4) is 0 Å². The topological polar surface area (TPSA) is 45.4 Å². The molecule has 0 aliphatic carbocycles. The summed E-state index contributed by atoms with van der Waals surface area (Å²) in [5.41, 5.74) is 0. The third-order valence-corrected chi connectivity index (χ3v) is 4.31. The number of aryl methyl sites for hydroxylation is 1. The van der Waals surface area contributed by atoms with Crippen LogP contribution in [0.5, 0.6) is 0 Å². The first-order valence-corrected chi connectivity index (χ1v) is 7.63. The first kappa shape index (κ1) is 13.1. The van der Waals surface area contributed by atoms with Gasteiger partial charge in [-0.3, -0.25) is 9.80 Å². The fraction of sp³-hybridized carbons (Fsp3) is 0.857. The third-order valence-electron chi connectivity index (χ3n) is 4.31. The minimum absolute atomic E-state index is 0.741. The molecule has 2 aliphatic heterocycles. The molecule has 1 aromatic heterocycles. The van der Waals surface area contributed by atoms with E-state index in [1.807, 2.05) is 6.92 Å². The van der Waals surface area contributed by atoms with E-state index in [-0.39, 0.29) is 0 Å². The number of hydrogen-bond donors (Lipinski definition) is 0. The predicted molar refractivity (Wildman–Crippen MR) is 72.8 cm³/mol. The summed E-state index contributed by atoms with van der Waals surface area (Å²) in [5, 5.41) is 8.17. The minimum Gasteiger partial charge on any atom is -0.424 e. The molecular weight excluding hydrogens is 240 g/mol. The molecule has 3 rings (SSSR count). The second-order valence-electron chi connectivity index (χ2n) is 5.72. The first-order chi connectivity index (χ1) is 9.35. The molecule has 5 nitrogen and oxygen atoms in total. The van der Waals surface area contributed by atoms with Gasteiger partial charge in [-0.05, 0) is 45.3 Å². The lowest BCUT2D eigenvalue weighted by atomic mass is 10.0. The Labute approximate surface area is 115 Å². The maximum Gasteiger partial charge on any atom is 0.230 e. The van der Waals surface area contributed by atoms with E-state index in [9.17, 15) is 0 Å². The van der Waals surface area contributed by atoms with Gasteiger partial charge in [-0.15, -0.1) is 10.2 Å². The molecule has 2 saturated heterocycles. The highest BCUT2D eigenvalue weighted by Crippen LogP contribution is 2.21. The number of likely N-dealkylation sites (tertiary alicyclic amines) is 2. The van der Waals surface area contributed by atoms with Gasteiger partial charge in [-0.1, -0.05) is 6.92 Å². The van der Waals surface area contributed by atoms with Crippen LogP contribution in [-0.4, -0.2) is 52.2 Å². The first-order valence-electron chi connectivity index (χ1n) is 7.63. The van der Waals surface area contributed by atoms with E-state index in [4.69, 9.17) is 4.42 Å². The highest BCUT2D eigenvalue weighted by molar-refractivity contribution is 4.87. The normalized spacial score (nSPS) is 26.1. The van der Waals surface area contributed by atoms with Gasteiger partial charge in [0.05, 0.1) is 6.54 Å². The number of rotatable bonds is 4. The lowest BCUT2D eigenvalue weighted by Gasteiger charge is -2.36. The van der Waals surface area contributed by atoms with Crippen molar-refractivity contribution in [1.29, 1.82) is 0 Å². The summed E-state index contributed by atoms with van der Waals surface area (Å²) in [7, 11) is 0. The molecule has 106 valence electrons. The molecular formula is C14H24N4O. The highest BCUT2D eigenvalue weighted by Gasteiger charge is 2.27. The van der Waals surface area contributed by atoms with Crippen LogP contribution >= 0.6 is 0 Å². The van der Waals surface area contributed by atoms with Crippen LogP contribution in [0.4, 0.5) is 0 Å². The van der Waals surface area contributed by atoms with Gasteiger partial charge in [-0.2, -0.15) is 0 Å². The monoisotopic (exact) mass is 264 g/mol. The summed E-state index contributed by atoms with van der Waals surface area (Å²) in [6.07, 6.45) is 6.21. The maximum absolute atomic E-state index is 5.62. The van der Waals surface area contributed by atoms with Crippen LogP contribution in [0.15, 0.2) is 4.42 Å². The molecule has 0 N–H and O–H groups in total. The summed E-state index contributed by atoms with van der Waals surface area (Å²) in [4.78, 5) is 5.14. The van der Waals surface area contributed by atoms with Crippen LogP contribution in [0, 0.1) is 0 Å². The molecule has 2 fully saturated rings. The number of hydrogen-bond acceptors (Lipinski definition) is 5. The highest BCUT2D eigenvalue weighted by atomic mass is 16.4. The fourth-order valence-electron chi connectivity index (χ4n) is 3.27. The van der Waals surface area contributed by atoms with Crippen molar-refractivity contribution in [3.05, 3.63) is 11.8 Å². The van der Waals surface area contributed by atoms with Crippen LogP contribution in [0.3, 0.4) is 0 Å². The Bertz CT molecular complexity index is 400. The molecule has 0 aromatic carbocycles. The standard InChI is InChI=1S/C14H24N4O/c1-2-13-15-16-14(19-13)11-17-7-5-6-12(10-17)18-8-3-4-9-18/h12H,2-11H2,1H3/t12-/m1/s1. The SMILES string of the molecule is CCc1nnc(CN2CCC[C@@H](N3CCCC3)C2)o1. The van der Waals surface area contributed by atoms with Gasteiger partial charge >= 0.3 is 0 Å². The number of aromatic nitrogens is 2. The Morgan fingerprint density at radius 1 is 1.11 bits per heavy atom. The van der Waals surface area contributed by atoms with E-state index in [2.05, 4.69) is 20.0 Å². The van der Waals surface area contributed by atoms with Crippen LogP contribution in [0.2, 0.25) is 0 Å². The second-order valence-corrected chi connectivity index (χ2v) is 5.72. The molecule has 0 bridgehead atoms. The van der Waals surface area contributed by atoms with Gasteiger partial charge in [0.1, 0.15) is 0 Å². The van der Waals surface area contributed by atoms with Crippen molar-refractivity contribution in [2.75, 3.05) is 26.2 Å². The third kappa shape index (κ3) is 3.15. The summed E-state index contributed by atoms with van der Waals surface area (Å²) in [5.74, 6) is 1.53. The van der Waals surface area contributed by atoms with Crippen molar-refractivity contribution in [3.63, 3.8) is 0 Å². The van der Waals surface area contributed by atoms with Gasteiger partial charge in [0.15, 0.2) is 0 Å². The molecule has 0 amide bonds. The van der Waals surface area contributed by atoms with Crippen LogP contribution in [-0.2, 0) is 13.0 Å². The Hall–Kier alpha value is -0.940. The Morgan fingerprint density at radius 2 is 1.89 bits per heavy atom. The summed E-state index contributed by atoms with van der Waals surface area (Å²) < 4.78 is 5.62. The number of nitrogens with zero attached hydrogens (tertiary/aromatic N) is 4. The average Bonchev–Trinajstić information content (AvgIpc) is 3.10. The van der Waals surface area contributed by atoms with Crippen molar-refractivity contribution in [1.82, 2.24) is 20.0 Å². The van der Waals surface area contributed by atoms with Gasteiger partial charge in [0.25, 0.3) is 0 Å². The number of piperidine rings is 1. The van der Waals surface area contributed by atoms with Gasteiger partial charge < -0.3 is 4.42 Å². The van der Waals surface area contributed by atoms with E-state index >= 15 is 0 Å². The minimum atomic E-state index is 0.741. The molecule has 1 aromatic rings. The lowest BCUT2D eigenvalue weighted by molar-refractivity contribution is 0.104. The van der Waals surface area contributed by atoms with Crippen molar-refractivity contribution >= 4 is 0 Å². The van der Waals surface area contributed by atoms with E-state index in [1.54, 1.807) is 0 Å². The fourth-order valence-corrected chi connectivity index (χ4v) is 3.27. The summed E-state index contributed by atoms with van der Waals surface area (Å²) in [6.45, 7) is 7.76. The van der Waals surface area contributed by atoms with Crippen molar-refractivity contribution in [2.24, 2.45) is 0 Å². The van der Waals surface area contributed by atoms with E-state index in [0.29, 0.717) is 0 Å². The summed E-state index contributed by atoms with van der Waals surface area (Å²) >= 11 is 0. The van der Waals surface area contributed by atoms with Crippen molar-refractivity contribution < 1.29 is 4.42 Å². The van der Waals surface area contributed by atoms with Gasteiger partial charge in [-0.25, -0.2) is 0 Å². The summed E-state index contributed by atoms with van der Waals surface area (Å²) in [6, 6.07) is 0.741. The molecule has 0 unspecified atom stereocenters. The van der Waals surface area contributed by atoms with Crippen LogP contribution in [0.25, 0.3) is 0 Å². The molecule has 0 saturated carbocycles. The molecule has 5 heteroatoms.